The summed E-state index contributed by atoms with van der Waals surface area (Å²) in [4.78, 5) is 12.6. The van der Waals surface area contributed by atoms with Gasteiger partial charge in [0, 0.05) is 11.1 Å². The molecule has 0 radical (unpaired) electrons. The first-order valence-electron chi connectivity index (χ1n) is 6.72. The van der Waals surface area contributed by atoms with E-state index in [-0.39, 0.29) is 5.78 Å². The monoisotopic (exact) mass is 300 g/mol. The van der Waals surface area contributed by atoms with Crippen LogP contribution in [0.3, 0.4) is 0 Å². The van der Waals surface area contributed by atoms with Crippen LogP contribution in [0, 0.1) is 5.92 Å². The van der Waals surface area contributed by atoms with Crippen molar-refractivity contribution in [2.75, 3.05) is 0 Å². The number of ketones is 1. The average molecular weight is 300 g/mol. The van der Waals surface area contributed by atoms with Gasteiger partial charge in [0.15, 0.2) is 5.78 Å². The van der Waals surface area contributed by atoms with E-state index in [9.17, 15) is 4.79 Å². The maximum Gasteiger partial charge on any atom is 0.185 e. The minimum atomic E-state index is 0.223. The second-order valence-electron chi connectivity index (χ2n) is 5.30. The number of Topliss-reactive ketones (excluding diaryl/α,β-unsaturated/α-hetero) is 1. The average Bonchev–Trinajstić information content (AvgIpc) is 3.08. The zero-order valence-electron chi connectivity index (χ0n) is 11.3. The third-order valence-electron chi connectivity index (χ3n) is 3.49. The van der Waals surface area contributed by atoms with Crippen molar-refractivity contribution in [2.24, 2.45) is 5.92 Å². The largest absolute Gasteiger partial charge is 0.289 e. The molecule has 0 aromatic carbocycles. The molecule has 2 aromatic rings. The fourth-order valence-electron chi connectivity index (χ4n) is 2.58. The maximum absolute atomic E-state index is 12.6. The van der Waals surface area contributed by atoms with Crippen molar-refractivity contribution in [3.05, 3.63) is 55.9 Å². The first-order valence-corrected chi connectivity index (χ1v) is 8.61. The van der Waals surface area contributed by atoms with Gasteiger partial charge in [-0.25, -0.2) is 0 Å². The van der Waals surface area contributed by atoms with Crippen molar-refractivity contribution in [2.45, 2.75) is 19.8 Å². The third kappa shape index (κ3) is 3.00. The molecule has 3 rings (SSSR count). The molecule has 20 heavy (non-hydrogen) atoms. The molecule has 0 N–H and O–H groups in total. The highest BCUT2D eigenvalue weighted by Crippen LogP contribution is 2.32. The van der Waals surface area contributed by atoms with Gasteiger partial charge in [-0.2, -0.15) is 22.7 Å². The Labute approximate surface area is 127 Å². The molecule has 2 aromatic heterocycles. The van der Waals surface area contributed by atoms with E-state index in [0.29, 0.717) is 5.92 Å². The van der Waals surface area contributed by atoms with E-state index >= 15 is 0 Å². The minimum Gasteiger partial charge on any atom is -0.289 e. The predicted molar refractivity (Wildman–Crippen MR) is 88.0 cm³/mol. The number of rotatable bonds is 2. The molecule has 0 atom stereocenters. The van der Waals surface area contributed by atoms with Gasteiger partial charge in [0.25, 0.3) is 0 Å². The Morgan fingerprint density at radius 3 is 1.90 bits per heavy atom. The second kappa shape index (κ2) is 5.90. The molecule has 1 fully saturated rings. The summed E-state index contributed by atoms with van der Waals surface area (Å²) < 4.78 is 0. The van der Waals surface area contributed by atoms with Gasteiger partial charge < -0.3 is 0 Å². The Kier molecular flexibility index (Phi) is 3.99. The number of thiophene rings is 2. The van der Waals surface area contributed by atoms with E-state index in [0.717, 1.165) is 35.1 Å². The molecular weight excluding hydrogens is 284 g/mol. The van der Waals surface area contributed by atoms with E-state index in [2.05, 4.69) is 42.0 Å². The first-order chi connectivity index (χ1) is 9.72. The van der Waals surface area contributed by atoms with E-state index in [4.69, 9.17) is 0 Å². The molecule has 1 nitrogen and oxygen atoms in total. The fraction of sp³-hybridized carbons (Fsp3) is 0.235. The summed E-state index contributed by atoms with van der Waals surface area (Å²) in [7, 11) is 0. The van der Waals surface area contributed by atoms with E-state index in [1.165, 1.54) is 0 Å². The maximum atomic E-state index is 12.6. The molecule has 0 spiro atoms. The van der Waals surface area contributed by atoms with Gasteiger partial charge in [0.1, 0.15) is 0 Å². The molecule has 1 saturated carbocycles. The lowest BCUT2D eigenvalue weighted by Gasteiger charge is -2.22. The summed E-state index contributed by atoms with van der Waals surface area (Å²) >= 11 is 3.33. The number of hydrogen-bond donors (Lipinski definition) is 0. The number of allylic oxidation sites excluding steroid dienone is 2. The van der Waals surface area contributed by atoms with Crippen molar-refractivity contribution in [3.63, 3.8) is 0 Å². The first kappa shape index (κ1) is 13.5. The van der Waals surface area contributed by atoms with Crippen LogP contribution in [0.1, 0.15) is 30.9 Å². The van der Waals surface area contributed by atoms with Crippen LogP contribution in [0.25, 0.3) is 12.2 Å². The molecule has 0 amide bonds. The number of carbonyl (C=O) groups is 1. The van der Waals surface area contributed by atoms with Gasteiger partial charge in [-0.3, -0.25) is 4.79 Å². The van der Waals surface area contributed by atoms with E-state index < -0.39 is 0 Å². The van der Waals surface area contributed by atoms with Crippen molar-refractivity contribution in [3.8, 4) is 0 Å². The van der Waals surface area contributed by atoms with Crippen LogP contribution >= 0.6 is 22.7 Å². The van der Waals surface area contributed by atoms with Gasteiger partial charge in [-0.15, -0.1) is 0 Å². The normalized spacial score (nSPS) is 23.6. The summed E-state index contributed by atoms with van der Waals surface area (Å²) in [6, 6.07) is 4.12. The van der Waals surface area contributed by atoms with Crippen molar-refractivity contribution < 1.29 is 4.79 Å². The molecule has 2 heterocycles. The summed E-state index contributed by atoms with van der Waals surface area (Å²) in [5.41, 5.74) is 4.18. The zero-order chi connectivity index (χ0) is 13.9. The van der Waals surface area contributed by atoms with Crippen LogP contribution in [0.2, 0.25) is 0 Å². The van der Waals surface area contributed by atoms with Gasteiger partial charge in [0.05, 0.1) is 0 Å². The molecule has 0 saturated heterocycles. The minimum absolute atomic E-state index is 0.223. The molecule has 1 aliphatic rings. The standard InChI is InChI=1S/C17H16OS2/c1-12-6-15(8-13-2-4-19-10-13)17(18)16(7-12)9-14-3-5-20-11-14/h2-5,8-12H,6-7H2,1H3. The summed E-state index contributed by atoms with van der Waals surface area (Å²) in [6.07, 6.45) is 5.87. The van der Waals surface area contributed by atoms with Gasteiger partial charge in [-0.05, 0) is 75.7 Å². The Morgan fingerprint density at radius 2 is 1.50 bits per heavy atom. The highest BCUT2D eigenvalue weighted by atomic mass is 32.1. The molecule has 102 valence electrons. The van der Waals surface area contributed by atoms with E-state index in [1.54, 1.807) is 22.7 Å². The van der Waals surface area contributed by atoms with Gasteiger partial charge >= 0.3 is 0 Å². The van der Waals surface area contributed by atoms with E-state index in [1.807, 2.05) is 10.8 Å². The van der Waals surface area contributed by atoms with Crippen LogP contribution in [0.15, 0.2) is 44.8 Å². The fourth-order valence-corrected chi connectivity index (χ4v) is 3.82. The quantitative estimate of drug-likeness (QED) is 0.690. The van der Waals surface area contributed by atoms with Gasteiger partial charge in [-0.1, -0.05) is 6.92 Å². The molecule has 0 aliphatic heterocycles. The lowest BCUT2D eigenvalue weighted by atomic mass is 9.81. The summed E-state index contributed by atoms with van der Waals surface area (Å²) in [6.45, 7) is 2.22. The molecule has 0 unspecified atom stereocenters. The van der Waals surface area contributed by atoms with Crippen molar-refractivity contribution >= 4 is 40.6 Å². The SMILES string of the molecule is CC1CC(=Cc2ccsc2)C(=O)C(=Cc2ccsc2)C1. The molecule has 1 aliphatic carbocycles. The molecular formula is C17H16OS2. The zero-order valence-corrected chi connectivity index (χ0v) is 13.0. The Hall–Kier alpha value is -1.45. The summed E-state index contributed by atoms with van der Waals surface area (Å²) in [5.74, 6) is 0.753. The third-order valence-corrected chi connectivity index (χ3v) is 4.89. The highest BCUT2D eigenvalue weighted by Gasteiger charge is 2.25. The van der Waals surface area contributed by atoms with Crippen LogP contribution in [0.5, 0.6) is 0 Å². The Morgan fingerprint density at radius 1 is 1.00 bits per heavy atom. The van der Waals surface area contributed by atoms with Crippen LogP contribution in [0.4, 0.5) is 0 Å². The van der Waals surface area contributed by atoms with Crippen LogP contribution in [-0.2, 0) is 4.79 Å². The lowest BCUT2D eigenvalue weighted by Crippen LogP contribution is -2.18. The predicted octanol–water partition coefficient (Wildman–Crippen LogP) is 5.28. The van der Waals surface area contributed by atoms with Gasteiger partial charge in [0.2, 0.25) is 0 Å². The smallest absolute Gasteiger partial charge is 0.185 e. The topological polar surface area (TPSA) is 17.1 Å². The number of hydrogen-bond acceptors (Lipinski definition) is 3. The van der Waals surface area contributed by atoms with Crippen LogP contribution < -0.4 is 0 Å². The second-order valence-corrected chi connectivity index (χ2v) is 6.86. The van der Waals surface area contributed by atoms with Crippen molar-refractivity contribution in [1.29, 1.82) is 0 Å². The van der Waals surface area contributed by atoms with Crippen molar-refractivity contribution in [1.82, 2.24) is 0 Å². The lowest BCUT2D eigenvalue weighted by molar-refractivity contribution is -0.113. The Bertz CT molecular complexity index is 589. The summed E-state index contributed by atoms with van der Waals surface area (Å²) in [5, 5.41) is 8.26. The molecule has 3 heteroatoms. The number of carbonyl (C=O) groups excluding carboxylic acids is 1. The highest BCUT2D eigenvalue weighted by molar-refractivity contribution is 7.08. The molecule has 0 bridgehead atoms. The van der Waals surface area contributed by atoms with Crippen LogP contribution in [-0.4, -0.2) is 5.78 Å². The Balaban J connectivity index is 1.92.